The highest BCUT2D eigenvalue weighted by atomic mass is 35.5. The molecule has 3 aromatic rings. The van der Waals surface area contributed by atoms with Crippen LogP contribution in [0.15, 0.2) is 76.1 Å². The minimum Gasteiger partial charge on any atom is -0.445 e. The number of aryl methyl sites for hydroxylation is 1. The lowest BCUT2D eigenvalue weighted by molar-refractivity contribution is -0.113. The second-order valence-electron chi connectivity index (χ2n) is 7.50. The number of pyridine rings is 1. The van der Waals surface area contributed by atoms with Gasteiger partial charge in [0.25, 0.3) is 11.5 Å². The summed E-state index contributed by atoms with van der Waals surface area (Å²) in [5.74, 6) is -1.43. The predicted molar refractivity (Wildman–Crippen MR) is 123 cm³/mol. The van der Waals surface area contributed by atoms with Crippen LogP contribution in [0.3, 0.4) is 0 Å². The number of nitrogens with two attached hydrogens (primary N) is 1. The number of aromatic nitrogens is 1. The molecule has 1 aliphatic rings. The quantitative estimate of drug-likeness (QED) is 0.556. The molecule has 32 heavy (non-hydrogen) atoms. The third-order valence-electron chi connectivity index (χ3n) is 5.29. The molecule has 2 heterocycles. The molecule has 1 unspecified atom stereocenters. The monoisotopic (exact) mass is 446 g/mol. The molecule has 160 valence electrons. The smallest absolute Gasteiger partial charge is 0.255 e. The molecule has 1 aliphatic heterocycles. The van der Waals surface area contributed by atoms with Crippen molar-refractivity contribution < 1.29 is 9.53 Å². The fourth-order valence-corrected chi connectivity index (χ4v) is 3.89. The second kappa shape index (κ2) is 8.25. The Kier molecular flexibility index (Phi) is 5.47. The van der Waals surface area contributed by atoms with Crippen LogP contribution in [0.5, 0.6) is 0 Å². The van der Waals surface area contributed by atoms with E-state index in [9.17, 15) is 14.9 Å². The van der Waals surface area contributed by atoms with Gasteiger partial charge in [-0.15, -0.1) is 0 Å². The van der Waals surface area contributed by atoms with Crippen LogP contribution in [0.25, 0.3) is 10.9 Å². The molecule has 1 aromatic heterocycles. The van der Waals surface area contributed by atoms with Crippen molar-refractivity contribution >= 4 is 34.1 Å². The van der Waals surface area contributed by atoms with Crippen LogP contribution in [0, 0.1) is 18.3 Å². The summed E-state index contributed by atoms with van der Waals surface area (Å²) in [6.45, 7) is 3.50. The largest absolute Gasteiger partial charge is 0.445 e. The van der Waals surface area contributed by atoms with Crippen molar-refractivity contribution in [3.8, 4) is 6.07 Å². The molecule has 0 saturated heterocycles. The van der Waals surface area contributed by atoms with Crippen LogP contribution in [-0.2, 0) is 9.53 Å². The number of nitrogens with zero attached hydrogens (tertiary/aromatic N) is 1. The summed E-state index contributed by atoms with van der Waals surface area (Å²) in [6, 6.07) is 15.9. The van der Waals surface area contributed by atoms with Crippen molar-refractivity contribution in [3.05, 3.63) is 97.8 Å². The van der Waals surface area contributed by atoms with Gasteiger partial charge in [-0.05, 0) is 61.2 Å². The topological polar surface area (TPSA) is 121 Å². The first kappa shape index (κ1) is 21.2. The number of amides is 1. The summed E-state index contributed by atoms with van der Waals surface area (Å²) in [5.41, 5.74) is 8.05. The number of aromatic amines is 1. The van der Waals surface area contributed by atoms with Crippen LogP contribution < -0.4 is 16.6 Å². The van der Waals surface area contributed by atoms with Gasteiger partial charge in [-0.25, -0.2) is 0 Å². The zero-order chi connectivity index (χ0) is 23.0. The molecule has 0 fully saturated rings. The fourth-order valence-electron chi connectivity index (χ4n) is 3.76. The van der Waals surface area contributed by atoms with Crippen molar-refractivity contribution in [1.29, 1.82) is 5.26 Å². The first-order valence-corrected chi connectivity index (χ1v) is 10.1. The maximum Gasteiger partial charge on any atom is 0.255 e. The Hall–Kier alpha value is -4.02. The Morgan fingerprint density at radius 1 is 1.19 bits per heavy atom. The minimum atomic E-state index is -0.990. The van der Waals surface area contributed by atoms with Crippen molar-refractivity contribution in [3.63, 3.8) is 0 Å². The van der Waals surface area contributed by atoms with E-state index in [1.165, 1.54) is 0 Å². The average molecular weight is 447 g/mol. The normalized spacial score (nSPS) is 16.0. The number of anilines is 1. The molecule has 1 atom stereocenters. The zero-order valence-electron chi connectivity index (χ0n) is 17.3. The molecule has 1 amide bonds. The van der Waals surface area contributed by atoms with Gasteiger partial charge in [-0.3, -0.25) is 9.59 Å². The van der Waals surface area contributed by atoms with E-state index < -0.39 is 17.4 Å². The Balaban J connectivity index is 1.85. The maximum absolute atomic E-state index is 13.3. The number of nitriles is 1. The van der Waals surface area contributed by atoms with E-state index in [0.29, 0.717) is 16.2 Å². The average Bonchev–Trinajstić information content (AvgIpc) is 2.74. The number of fused-ring (bicyclic) bond motifs is 1. The van der Waals surface area contributed by atoms with Crippen LogP contribution in [0.1, 0.15) is 24.0 Å². The van der Waals surface area contributed by atoms with Gasteiger partial charge in [0, 0.05) is 21.8 Å². The highest BCUT2D eigenvalue weighted by Gasteiger charge is 2.37. The molecule has 0 radical (unpaired) electrons. The molecule has 0 spiro atoms. The molecule has 2 aromatic carbocycles. The number of ether oxygens (including phenoxy) is 1. The maximum atomic E-state index is 13.3. The van der Waals surface area contributed by atoms with E-state index in [0.717, 1.165) is 10.9 Å². The lowest BCUT2D eigenvalue weighted by Crippen LogP contribution is -2.30. The Bertz CT molecular complexity index is 1410. The predicted octanol–water partition coefficient (Wildman–Crippen LogP) is 4.21. The van der Waals surface area contributed by atoms with E-state index in [-0.39, 0.29) is 28.4 Å². The minimum absolute atomic E-state index is 0.00572. The van der Waals surface area contributed by atoms with E-state index >= 15 is 0 Å². The fraction of sp³-hybridized carbons (Fsp3) is 0.125. The summed E-state index contributed by atoms with van der Waals surface area (Å²) in [7, 11) is 0. The molecule has 7 nitrogen and oxygen atoms in total. The Morgan fingerprint density at radius 3 is 2.59 bits per heavy atom. The molecule has 0 aliphatic carbocycles. The lowest BCUT2D eigenvalue weighted by atomic mass is 9.82. The number of allylic oxidation sites excluding steroid dienone is 2. The van der Waals surface area contributed by atoms with Crippen molar-refractivity contribution in [1.82, 2.24) is 4.98 Å². The first-order valence-electron chi connectivity index (χ1n) is 9.77. The van der Waals surface area contributed by atoms with Gasteiger partial charge in [0.1, 0.15) is 17.4 Å². The Labute approximate surface area is 188 Å². The molecule has 4 N–H and O–H groups in total. The van der Waals surface area contributed by atoms with E-state index in [4.69, 9.17) is 22.1 Å². The Morgan fingerprint density at radius 2 is 1.91 bits per heavy atom. The second-order valence-corrected chi connectivity index (χ2v) is 7.94. The highest BCUT2D eigenvalue weighted by molar-refractivity contribution is 6.30. The number of benzene rings is 2. The highest BCUT2D eigenvalue weighted by Crippen LogP contribution is 2.39. The lowest BCUT2D eigenvalue weighted by Gasteiger charge is -2.27. The number of hydrogen-bond donors (Lipinski definition) is 3. The number of hydrogen-bond acceptors (Lipinski definition) is 5. The van der Waals surface area contributed by atoms with Gasteiger partial charge in [0.2, 0.25) is 5.88 Å². The van der Waals surface area contributed by atoms with Crippen LogP contribution in [0.2, 0.25) is 5.02 Å². The van der Waals surface area contributed by atoms with Crippen LogP contribution >= 0.6 is 11.6 Å². The van der Waals surface area contributed by atoms with Crippen molar-refractivity contribution in [2.75, 3.05) is 5.32 Å². The number of nitrogens with one attached hydrogen (secondary N) is 2. The number of carbonyl (C=O) groups excluding carboxylic acids is 1. The number of carbonyl (C=O) groups is 1. The molecule has 0 bridgehead atoms. The third kappa shape index (κ3) is 3.84. The van der Waals surface area contributed by atoms with Crippen molar-refractivity contribution in [2.24, 2.45) is 5.73 Å². The number of halogens is 1. The molecule has 8 heteroatoms. The molecule has 0 saturated carbocycles. The summed E-state index contributed by atoms with van der Waals surface area (Å²) in [6.07, 6.45) is 0. The van der Waals surface area contributed by atoms with Gasteiger partial charge in [-0.2, -0.15) is 5.26 Å². The van der Waals surface area contributed by atoms with E-state index in [1.807, 2.05) is 31.2 Å². The third-order valence-corrected chi connectivity index (χ3v) is 5.55. The van der Waals surface area contributed by atoms with Gasteiger partial charge < -0.3 is 20.8 Å². The number of rotatable bonds is 3. The summed E-state index contributed by atoms with van der Waals surface area (Å²) < 4.78 is 5.50. The van der Waals surface area contributed by atoms with Gasteiger partial charge in [-0.1, -0.05) is 23.7 Å². The van der Waals surface area contributed by atoms with Gasteiger partial charge in [0.15, 0.2) is 0 Å². The van der Waals surface area contributed by atoms with Crippen LogP contribution in [-0.4, -0.2) is 10.9 Å². The van der Waals surface area contributed by atoms with E-state index in [2.05, 4.69) is 10.3 Å². The number of H-pyrrole nitrogens is 1. The molecular weight excluding hydrogens is 428 g/mol. The summed E-state index contributed by atoms with van der Waals surface area (Å²) >= 11 is 5.92. The standard InChI is InChI=1S/C24H19ClN4O3/c1-12-3-4-14-10-17(23(30)29-19(14)9-12)21-18(11-26)22(27)32-13(2)20(21)24(31)28-16-7-5-15(25)6-8-16/h3-10,21H,27H2,1-2H3,(H,28,31)(H,29,30). The molecular formula is C24H19ClN4O3. The summed E-state index contributed by atoms with van der Waals surface area (Å²) in [4.78, 5) is 29.2. The zero-order valence-corrected chi connectivity index (χ0v) is 18.1. The first-order chi connectivity index (χ1) is 15.3. The SMILES string of the molecule is CC1=C(C(=O)Nc2ccc(Cl)cc2)C(c2cc3ccc(C)cc3[nH]c2=O)C(C#N)=C(N)O1. The van der Waals surface area contributed by atoms with Gasteiger partial charge >= 0.3 is 0 Å². The van der Waals surface area contributed by atoms with E-state index in [1.54, 1.807) is 37.3 Å². The summed E-state index contributed by atoms with van der Waals surface area (Å²) in [5, 5.41) is 13.9. The van der Waals surface area contributed by atoms with Crippen LogP contribution in [0.4, 0.5) is 5.69 Å². The van der Waals surface area contributed by atoms with Gasteiger partial charge in [0.05, 0.1) is 11.5 Å². The van der Waals surface area contributed by atoms with Crippen molar-refractivity contribution in [2.45, 2.75) is 19.8 Å². The molecule has 4 rings (SSSR count).